The molecule has 122 valence electrons. The van der Waals surface area contributed by atoms with Crippen molar-refractivity contribution in [3.63, 3.8) is 0 Å². The Labute approximate surface area is 133 Å². The lowest BCUT2D eigenvalue weighted by Crippen LogP contribution is -2.44. The van der Waals surface area contributed by atoms with Gasteiger partial charge in [-0.1, -0.05) is 43.7 Å². The Morgan fingerprint density at radius 3 is 2.55 bits per heavy atom. The van der Waals surface area contributed by atoms with Crippen molar-refractivity contribution < 1.29 is 9.59 Å². The maximum atomic E-state index is 11.7. The van der Waals surface area contributed by atoms with Crippen LogP contribution >= 0.6 is 0 Å². The number of imide groups is 1. The van der Waals surface area contributed by atoms with E-state index in [1.165, 1.54) is 5.56 Å². The van der Waals surface area contributed by atoms with Crippen molar-refractivity contribution in [2.75, 3.05) is 26.7 Å². The molecule has 1 aromatic carbocycles. The normalized spacial score (nSPS) is 10.5. The van der Waals surface area contributed by atoms with E-state index in [0.717, 1.165) is 32.2 Å². The van der Waals surface area contributed by atoms with Gasteiger partial charge in [0.15, 0.2) is 0 Å². The molecule has 0 aliphatic heterocycles. The first-order valence-corrected chi connectivity index (χ1v) is 7.92. The minimum atomic E-state index is -0.406. The van der Waals surface area contributed by atoms with Gasteiger partial charge in [0.2, 0.25) is 5.91 Å². The Kier molecular flexibility index (Phi) is 8.91. The zero-order chi connectivity index (χ0) is 16.2. The minimum Gasteiger partial charge on any atom is -0.338 e. The third-order valence-corrected chi connectivity index (χ3v) is 3.33. The van der Waals surface area contributed by atoms with Crippen LogP contribution in [-0.2, 0) is 11.2 Å². The molecule has 2 N–H and O–H groups in total. The van der Waals surface area contributed by atoms with Crippen LogP contribution in [0.2, 0.25) is 0 Å². The molecule has 1 aromatic rings. The van der Waals surface area contributed by atoms with E-state index >= 15 is 0 Å². The lowest BCUT2D eigenvalue weighted by Gasteiger charge is -2.16. The summed E-state index contributed by atoms with van der Waals surface area (Å²) in [7, 11) is 1.89. The summed E-state index contributed by atoms with van der Waals surface area (Å²) in [5, 5.41) is 5.01. The van der Waals surface area contributed by atoms with Gasteiger partial charge in [0, 0.05) is 6.54 Å². The molecule has 22 heavy (non-hydrogen) atoms. The molecule has 0 spiro atoms. The third kappa shape index (κ3) is 8.42. The number of urea groups is 1. The number of nitrogens with zero attached hydrogens (tertiary/aromatic N) is 1. The molecule has 0 heterocycles. The summed E-state index contributed by atoms with van der Waals surface area (Å²) in [4.78, 5) is 25.1. The summed E-state index contributed by atoms with van der Waals surface area (Å²) in [6.45, 7) is 3.70. The zero-order valence-corrected chi connectivity index (χ0v) is 13.6. The molecule has 0 atom stereocenters. The first-order chi connectivity index (χ1) is 10.6. The number of carbonyl (C=O) groups excluding carboxylic acids is 2. The number of rotatable bonds is 9. The summed E-state index contributed by atoms with van der Waals surface area (Å²) < 4.78 is 0. The van der Waals surface area contributed by atoms with Gasteiger partial charge in [0.25, 0.3) is 0 Å². The van der Waals surface area contributed by atoms with Crippen molar-refractivity contribution in [3.05, 3.63) is 35.9 Å². The second-order valence-electron chi connectivity index (χ2n) is 5.48. The number of carbonyl (C=O) groups is 2. The number of likely N-dealkylation sites (N-methyl/N-ethyl adjacent to an activating group) is 1. The van der Waals surface area contributed by atoms with Crippen molar-refractivity contribution in [1.29, 1.82) is 0 Å². The summed E-state index contributed by atoms with van der Waals surface area (Å²) in [5.74, 6) is -0.267. The predicted molar refractivity (Wildman–Crippen MR) is 88.7 cm³/mol. The summed E-state index contributed by atoms with van der Waals surface area (Å²) in [5.41, 5.74) is 1.30. The van der Waals surface area contributed by atoms with Crippen LogP contribution in [0.4, 0.5) is 4.79 Å². The van der Waals surface area contributed by atoms with Gasteiger partial charge in [-0.2, -0.15) is 0 Å². The van der Waals surface area contributed by atoms with Crippen molar-refractivity contribution in [3.8, 4) is 0 Å². The number of hydrogen-bond donors (Lipinski definition) is 2. The van der Waals surface area contributed by atoms with Gasteiger partial charge in [-0.15, -0.1) is 0 Å². The zero-order valence-electron chi connectivity index (χ0n) is 13.6. The summed E-state index contributed by atoms with van der Waals surface area (Å²) >= 11 is 0. The molecule has 0 saturated carbocycles. The number of hydrogen-bond acceptors (Lipinski definition) is 3. The Morgan fingerprint density at radius 1 is 1.14 bits per heavy atom. The van der Waals surface area contributed by atoms with Crippen molar-refractivity contribution in [2.24, 2.45) is 0 Å². The van der Waals surface area contributed by atoms with Crippen LogP contribution in [0.5, 0.6) is 0 Å². The minimum absolute atomic E-state index is 0.232. The molecule has 3 amide bonds. The topological polar surface area (TPSA) is 61.4 Å². The van der Waals surface area contributed by atoms with Crippen LogP contribution in [0.3, 0.4) is 0 Å². The third-order valence-electron chi connectivity index (χ3n) is 3.33. The molecule has 0 aliphatic rings. The fourth-order valence-electron chi connectivity index (χ4n) is 2.11. The van der Waals surface area contributed by atoms with E-state index in [2.05, 4.69) is 29.7 Å². The standard InChI is InChI=1S/C17H27N3O2/c1-3-4-12-18-17(22)19-16(21)14-20(2)13-8-11-15-9-6-5-7-10-15/h5-7,9-10H,3-4,8,11-14H2,1-2H3,(H2,18,19,21,22). The van der Waals surface area contributed by atoms with E-state index in [1.807, 2.05) is 30.1 Å². The summed E-state index contributed by atoms with van der Waals surface area (Å²) in [6, 6.07) is 9.87. The molecular formula is C17H27N3O2. The van der Waals surface area contributed by atoms with Crippen LogP contribution in [0.1, 0.15) is 31.7 Å². The largest absolute Gasteiger partial charge is 0.338 e. The molecule has 0 aliphatic carbocycles. The number of aryl methyl sites for hydroxylation is 1. The molecule has 0 radical (unpaired) electrons. The second kappa shape index (κ2) is 10.8. The van der Waals surface area contributed by atoms with Crippen molar-refractivity contribution >= 4 is 11.9 Å². The highest BCUT2D eigenvalue weighted by Crippen LogP contribution is 2.02. The molecule has 0 bridgehead atoms. The van der Waals surface area contributed by atoms with E-state index in [0.29, 0.717) is 6.54 Å². The average Bonchev–Trinajstić information content (AvgIpc) is 2.48. The molecule has 0 unspecified atom stereocenters. The molecule has 5 heteroatoms. The number of amides is 3. The van der Waals surface area contributed by atoms with Crippen LogP contribution in [-0.4, -0.2) is 43.5 Å². The molecular weight excluding hydrogens is 278 g/mol. The van der Waals surface area contributed by atoms with Gasteiger partial charge in [-0.05, 0) is 38.4 Å². The molecule has 0 aromatic heterocycles. The van der Waals surface area contributed by atoms with Crippen LogP contribution in [0.25, 0.3) is 0 Å². The van der Waals surface area contributed by atoms with Crippen LogP contribution < -0.4 is 10.6 Å². The maximum absolute atomic E-state index is 11.7. The predicted octanol–water partition coefficient (Wildman–Crippen LogP) is 2.18. The maximum Gasteiger partial charge on any atom is 0.321 e. The lowest BCUT2D eigenvalue weighted by atomic mass is 10.1. The van der Waals surface area contributed by atoms with Gasteiger partial charge in [-0.3, -0.25) is 15.0 Å². The highest BCUT2D eigenvalue weighted by molar-refractivity contribution is 5.95. The summed E-state index contributed by atoms with van der Waals surface area (Å²) in [6.07, 6.45) is 3.90. The Balaban J connectivity index is 2.14. The smallest absolute Gasteiger partial charge is 0.321 e. The molecule has 0 fully saturated rings. The fraction of sp³-hybridized carbons (Fsp3) is 0.529. The quantitative estimate of drug-likeness (QED) is 0.687. The Bertz CT molecular complexity index is 448. The van der Waals surface area contributed by atoms with E-state index in [9.17, 15) is 9.59 Å². The van der Waals surface area contributed by atoms with Gasteiger partial charge < -0.3 is 5.32 Å². The highest BCUT2D eigenvalue weighted by Gasteiger charge is 2.09. The number of nitrogens with one attached hydrogen (secondary N) is 2. The molecule has 0 saturated heterocycles. The highest BCUT2D eigenvalue weighted by atomic mass is 16.2. The molecule has 5 nitrogen and oxygen atoms in total. The van der Waals surface area contributed by atoms with Crippen LogP contribution in [0.15, 0.2) is 30.3 Å². The van der Waals surface area contributed by atoms with E-state index < -0.39 is 6.03 Å². The Hall–Kier alpha value is -1.88. The average molecular weight is 305 g/mol. The molecule has 1 rings (SSSR count). The number of benzene rings is 1. The van der Waals surface area contributed by atoms with E-state index in [-0.39, 0.29) is 12.5 Å². The monoisotopic (exact) mass is 305 g/mol. The van der Waals surface area contributed by atoms with Gasteiger partial charge in [0.1, 0.15) is 0 Å². The first-order valence-electron chi connectivity index (χ1n) is 7.92. The van der Waals surface area contributed by atoms with Crippen molar-refractivity contribution in [2.45, 2.75) is 32.6 Å². The fourth-order valence-corrected chi connectivity index (χ4v) is 2.11. The van der Waals surface area contributed by atoms with Crippen molar-refractivity contribution in [1.82, 2.24) is 15.5 Å². The van der Waals surface area contributed by atoms with Gasteiger partial charge in [0.05, 0.1) is 6.54 Å². The van der Waals surface area contributed by atoms with E-state index in [1.54, 1.807) is 0 Å². The van der Waals surface area contributed by atoms with Crippen LogP contribution in [0, 0.1) is 0 Å². The SMILES string of the molecule is CCCCNC(=O)NC(=O)CN(C)CCCc1ccccc1. The van der Waals surface area contributed by atoms with Gasteiger partial charge in [-0.25, -0.2) is 4.79 Å². The second-order valence-corrected chi connectivity index (χ2v) is 5.48. The lowest BCUT2D eigenvalue weighted by molar-refractivity contribution is -0.120. The van der Waals surface area contributed by atoms with Gasteiger partial charge >= 0.3 is 6.03 Å². The number of unbranched alkanes of at least 4 members (excludes halogenated alkanes) is 1. The Morgan fingerprint density at radius 2 is 1.86 bits per heavy atom. The first kappa shape index (κ1) is 18.2. The van der Waals surface area contributed by atoms with E-state index in [4.69, 9.17) is 0 Å².